The van der Waals surface area contributed by atoms with E-state index in [0.29, 0.717) is 11.5 Å². The molecule has 5 atom stereocenters. The molecule has 5 nitrogen and oxygen atoms in total. The maximum atomic E-state index is 14.2. The van der Waals surface area contributed by atoms with Crippen molar-refractivity contribution in [3.05, 3.63) is 0 Å². The van der Waals surface area contributed by atoms with Gasteiger partial charge in [-0.15, -0.1) is 23.5 Å². The highest BCUT2D eigenvalue weighted by Crippen LogP contribution is 2.61. The topological polar surface area (TPSA) is 46.2 Å². The smallest absolute Gasteiger partial charge is 0.348 e. The van der Waals surface area contributed by atoms with Crippen molar-refractivity contribution in [3.63, 3.8) is 0 Å². The molecule has 10 heteroatoms. The lowest BCUT2D eigenvalue weighted by atomic mass is 9.89. The van der Waals surface area contributed by atoms with E-state index in [2.05, 4.69) is 0 Å². The van der Waals surface area contributed by atoms with Crippen molar-refractivity contribution in [1.82, 2.24) is 0 Å². The van der Waals surface area contributed by atoms with Gasteiger partial charge in [0.05, 0.1) is 6.61 Å². The lowest BCUT2D eigenvalue weighted by molar-refractivity contribution is -0.273. The average molecular weight is 431 g/mol. The second-order valence-corrected chi connectivity index (χ2v) is 11.1. The van der Waals surface area contributed by atoms with Crippen LogP contribution in [0.2, 0.25) is 0 Å². The van der Waals surface area contributed by atoms with Crippen LogP contribution in [0, 0.1) is 5.92 Å². The summed E-state index contributed by atoms with van der Waals surface area (Å²) in [7, 11) is 0. The van der Waals surface area contributed by atoms with Crippen LogP contribution in [-0.2, 0) is 23.7 Å². The van der Waals surface area contributed by atoms with Crippen LogP contribution in [0.25, 0.3) is 0 Å². The quantitative estimate of drug-likeness (QED) is 0.628. The van der Waals surface area contributed by atoms with Crippen molar-refractivity contribution in [2.45, 2.75) is 80.5 Å². The normalized spacial score (nSPS) is 43.0. The molecule has 0 unspecified atom stereocenters. The van der Waals surface area contributed by atoms with E-state index in [9.17, 15) is 13.2 Å². The van der Waals surface area contributed by atoms with Crippen molar-refractivity contribution >= 4 is 23.5 Å². The fourth-order valence-corrected chi connectivity index (χ4v) is 7.60. The maximum absolute atomic E-state index is 14.2. The minimum Gasteiger partial charge on any atom is -0.348 e. The molecule has 0 N–H and O–H groups in total. The summed E-state index contributed by atoms with van der Waals surface area (Å²) >= 11 is 2.44. The standard InChI is InChI=1S/C17H25F3O5S2/c1-14(2)21-8-9(22-14)10-11-12(24-15(3,4)23-11)13(16(18,19)20)17(25-10)26-6-5-7-27-17/h9-13H,5-8H2,1-4H3/t9-,10-,11+,12+,13+/m1/s1. The van der Waals surface area contributed by atoms with Crippen molar-refractivity contribution in [3.8, 4) is 0 Å². The number of thioether (sulfide) groups is 2. The molecule has 4 rings (SSSR count). The van der Waals surface area contributed by atoms with Gasteiger partial charge in [-0.2, -0.15) is 13.2 Å². The van der Waals surface area contributed by atoms with Gasteiger partial charge in [0, 0.05) is 0 Å². The molecule has 4 heterocycles. The van der Waals surface area contributed by atoms with E-state index in [-0.39, 0.29) is 6.61 Å². The zero-order valence-electron chi connectivity index (χ0n) is 15.7. The minimum absolute atomic E-state index is 0.243. The zero-order valence-corrected chi connectivity index (χ0v) is 17.3. The van der Waals surface area contributed by atoms with E-state index in [0.717, 1.165) is 6.42 Å². The van der Waals surface area contributed by atoms with Gasteiger partial charge in [0.25, 0.3) is 0 Å². The molecule has 0 aromatic carbocycles. The van der Waals surface area contributed by atoms with Gasteiger partial charge in [0.1, 0.15) is 30.3 Å². The third-order valence-electron chi connectivity index (χ3n) is 5.14. The number of hydrogen-bond acceptors (Lipinski definition) is 7. The molecule has 0 saturated carbocycles. The Morgan fingerprint density at radius 1 is 0.815 bits per heavy atom. The first kappa shape index (κ1) is 20.6. The fourth-order valence-electron chi connectivity index (χ4n) is 4.19. The molecule has 4 fully saturated rings. The zero-order chi connectivity index (χ0) is 19.7. The molecule has 0 radical (unpaired) electrons. The molecular weight excluding hydrogens is 405 g/mol. The molecule has 0 aromatic heterocycles. The molecular formula is C17H25F3O5S2. The van der Waals surface area contributed by atoms with Crippen LogP contribution >= 0.6 is 23.5 Å². The molecule has 4 aliphatic rings. The molecule has 4 saturated heterocycles. The Labute approximate surface area is 165 Å². The highest BCUT2D eigenvalue weighted by molar-refractivity contribution is 8.18. The first-order chi connectivity index (χ1) is 12.4. The van der Waals surface area contributed by atoms with Gasteiger partial charge in [-0.25, -0.2) is 0 Å². The largest absolute Gasteiger partial charge is 0.398 e. The van der Waals surface area contributed by atoms with Crippen LogP contribution in [0.5, 0.6) is 0 Å². The summed E-state index contributed by atoms with van der Waals surface area (Å²) in [6.07, 6.45) is -6.86. The Hall–Kier alpha value is 0.290. The predicted octanol–water partition coefficient (Wildman–Crippen LogP) is 3.76. The Kier molecular flexibility index (Phi) is 5.06. The van der Waals surface area contributed by atoms with Gasteiger partial charge in [-0.1, -0.05) is 0 Å². The molecule has 156 valence electrons. The van der Waals surface area contributed by atoms with Crippen molar-refractivity contribution < 1.29 is 36.9 Å². The molecule has 4 aliphatic heterocycles. The fraction of sp³-hybridized carbons (Fsp3) is 1.00. The molecule has 0 amide bonds. The SMILES string of the molecule is CC1(C)O[C@H]2[C@@H]([C@H]3COC(C)(C)O3)OC3(SCCCS3)[C@H](C(F)(F)F)[C@H]2O1. The van der Waals surface area contributed by atoms with Crippen LogP contribution < -0.4 is 0 Å². The van der Waals surface area contributed by atoms with Crippen molar-refractivity contribution in [1.29, 1.82) is 0 Å². The lowest BCUT2D eigenvalue weighted by Gasteiger charge is -2.52. The number of alkyl halides is 3. The monoisotopic (exact) mass is 430 g/mol. The van der Waals surface area contributed by atoms with E-state index in [1.54, 1.807) is 27.7 Å². The second kappa shape index (κ2) is 6.65. The Bertz CT molecular complexity index is 579. The summed E-state index contributed by atoms with van der Waals surface area (Å²) in [4.78, 5) is 0. The summed E-state index contributed by atoms with van der Waals surface area (Å²) in [6.45, 7) is 7.08. The number of rotatable bonds is 1. The van der Waals surface area contributed by atoms with Crippen LogP contribution in [-0.4, -0.2) is 64.5 Å². The van der Waals surface area contributed by atoms with E-state index in [1.807, 2.05) is 0 Å². The summed E-state index contributed by atoms with van der Waals surface area (Å²) in [5.41, 5.74) is 0. The second-order valence-electron chi connectivity index (χ2n) is 8.19. The van der Waals surface area contributed by atoms with Crippen molar-refractivity contribution in [2.24, 2.45) is 5.92 Å². The van der Waals surface area contributed by atoms with E-state index >= 15 is 0 Å². The average Bonchev–Trinajstić information content (AvgIpc) is 3.04. The highest BCUT2D eigenvalue weighted by Gasteiger charge is 2.70. The number of hydrogen-bond donors (Lipinski definition) is 0. The van der Waals surface area contributed by atoms with Crippen LogP contribution in [0.3, 0.4) is 0 Å². The van der Waals surface area contributed by atoms with E-state index < -0.39 is 52.3 Å². The molecule has 27 heavy (non-hydrogen) atoms. The Balaban J connectivity index is 1.72. The van der Waals surface area contributed by atoms with Gasteiger partial charge in [0.15, 0.2) is 15.8 Å². The summed E-state index contributed by atoms with van der Waals surface area (Å²) < 4.78 is 70.6. The summed E-state index contributed by atoms with van der Waals surface area (Å²) in [6, 6.07) is 0. The van der Waals surface area contributed by atoms with Gasteiger partial charge in [-0.3, -0.25) is 0 Å². The summed E-state index contributed by atoms with van der Waals surface area (Å²) in [5.74, 6) is -2.48. The van der Waals surface area contributed by atoms with Crippen LogP contribution in [0.4, 0.5) is 13.2 Å². The van der Waals surface area contributed by atoms with E-state index in [4.69, 9.17) is 23.7 Å². The minimum atomic E-state index is -4.47. The molecule has 0 bridgehead atoms. The molecule has 0 aliphatic carbocycles. The number of ether oxygens (including phenoxy) is 5. The third kappa shape index (κ3) is 3.75. The Morgan fingerprint density at radius 2 is 1.44 bits per heavy atom. The van der Waals surface area contributed by atoms with Gasteiger partial charge in [-0.05, 0) is 45.6 Å². The first-order valence-electron chi connectivity index (χ1n) is 9.12. The summed E-state index contributed by atoms with van der Waals surface area (Å²) in [5, 5.41) is 0. The third-order valence-corrected chi connectivity index (χ3v) is 8.34. The van der Waals surface area contributed by atoms with Crippen LogP contribution in [0.15, 0.2) is 0 Å². The number of fused-ring (bicyclic) bond motifs is 1. The highest BCUT2D eigenvalue weighted by atomic mass is 32.2. The first-order valence-corrected chi connectivity index (χ1v) is 11.1. The molecule has 1 spiro atoms. The van der Waals surface area contributed by atoms with Gasteiger partial charge >= 0.3 is 6.18 Å². The van der Waals surface area contributed by atoms with E-state index in [1.165, 1.54) is 23.5 Å². The Morgan fingerprint density at radius 3 is 2.00 bits per heavy atom. The number of halogens is 3. The molecule has 0 aromatic rings. The maximum Gasteiger partial charge on any atom is 0.398 e. The van der Waals surface area contributed by atoms with Gasteiger partial charge < -0.3 is 23.7 Å². The van der Waals surface area contributed by atoms with Crippen molar-refractivity contribution in [2.75, 3.05) is 18.1 Å². The lowest BCUT2D eigenvalue weighted by Crippen LogP contribution is -2.65. The van der Waals surface area contributed by atoms with Crippen LogP contribution in [0.1, 0.15) is 34.1 Å². The predicted molar refractivity (Wildman–Crippen MR) is 95.4 cm³/mol. The van der Waals surface area contributed by atoms with Gasteiger partial charge in [0.2, 0.25) is 0 Å².